The van der Waals surface area contributed by atoms with Crippen LogP contribution in [0.15, 0.2) is 30.3 Å². The Morgan fingerprint density at radius 2 is 1.92 bits per heavy atom. The van der Waals surface area contributed by atoms with E-state index in [1.807, 2.05) is 30.3 Å². The van der Waals surface area contributed by atoms with Crippen molar-refractivity contribution in [2.75, 3.05) is 11.4 Å². The summed E-state index contributed by atoms with van der Waals surface area (Å²) in [5.74, 6) is 1.86. The van der Waals surface area contributed by atoms with Gasteiger partial charge in [-0.3, -0.25) is 4.79 Å². The first-order valence-electron chi connectivity index (χ1n) is 9.77. The van der Waals surface area contributed by atoms with Gasteiger partial charge in [-0.25, -0.2) is 4.98 Å². The highest BCUT2D eigenvalue weighted by molar-refractivity contribution is 6.07. The summed E-state index contributed by atoms with van der Waals surface area (Å²) >= 11 is 0. The molecule has 0 spiro atoms. The number of anilines is 1. The standard InChI is InChI=1S/C21H25N3O/c25-21(22-15-9-10-15)17-13-20(23-18-7-3-2-6-16(17)18)24-12-11-14-5-1-4-8-19(14)24/h2-3,6-7,13-15,19H,1,4-5,8-12H2,(H,22,25). The summed E-state index contributed by atoms with van der Waals surface area (Å²) in [6.45, 7) is 1.07. The molecule has 25 heavy (non-hydrogen) atoms. The molecule has 4 nitrogen and oxygen atoms in total. The summed E-state index contributed by atoms with van der Waals surface area (Å²) in [6.07, 6.45) is 8.79. The molecule has 1 aliphatic heterocycles. The van der Waals surface area contributed by atoms with Crippen LogP contribution in [0.4, 0.5) is 5.82 Å². The van der Waals surface area contributed by atoms with Crippen molar-refractivity contribution in [1.29, 1.82) is 0 Å². The Labute approximate surface area is 148 Å². The zero-order valence-electron chi connectivity index (χ0n) is 14.6. The van der Waals surface area contributed by atoms with Gasteiger partial charge in [0.25, 0.3) is 5.91 Å². The second kappa shape index (κ2) is 6.01. The van der Waals surface area contributed by atoms with E-state index in [-0.39, 0.29) is 5.91 Å². The van der Waals surface area contributed by atoms with Crippen LogP contribution in [0.3, 0.4) is 0 Å². The van der Waals surface area contributed by atoms with E-state index in [9.17, 15) is 4.79 Å². The quantitative estimate of drug-likeness (QED) is 0.925. The molecule has 0 bridgehead atoms. The number of rotatable bonds is 3. The van der Waals surface area contributed by atoms with Gasteiger partial charge in [0.1, 0.15) is 5.82 Å². The van der Waals surface area contributed by atoms with Crippen LogP contribution in [-0.4, -0.2) is 29.5 Å². The Morgan fingerprint density at radius 3 is 2.80 bits per heavy atom. The molecule has 2 atom stereocenters. The van der Waals surface area contributed by atoms with Crippen LogP contribution < -0.4 is 10.2 Å². The minimum atomic E-state index is 0.0572. The molecule has 1 aromatic carbocycles. The zero-order chi connectivity index (χ0) is 16.8. The van der Waals surface area contributed by atoms with Crippen LogP contribution in [0.1, 0.15) is 55.3 Å². The van der Waals surface area contributed by atoms with E-state index < -0.39 is 0 Å². The van der Waals surface area contributed by atoms with E-state index in [4.69, 9.17) is 4.98 Å². The van der Waals surface area contributed by atoms with Gasteiger partial charge in [-0.1, -0.05) is 31.0 Å². The average Bonchev–Trinajstić information content (AvgIpc) is 3.36. The first-order valence-corrected chi connectivity index (χ1v) is 9.77. The van der Waals surface area contributed by atoms with E-state index in [0.29, 0.717) is 12.1 Å². The second-order valence-corrected chi connectivity index (χ2v) is 7.89. The Kier molecular flexibility index (Phi) is 3.65. The normalized spacial score (nSPS) is 25.8. The lowest BCUT2D eigenvalue weighted by Gasteiger charge is -2.32. The Morgan fingerprint density at radius 1 is 1.08 bits per heavy atom. The zero-order valence-corrected chi connectivity index (χ0v) is 14.6. The van der Waals surface area contributed by atoms with Gasteiger partial charge >= 0.3 is 0 Å². The van der Waals surface area contributed by atoms with Crippen molar-refractivity contribution in [3.05, 3.63) is 35.9 Å². The Hall–Kier alpha value is -2.10. The number of fused-ring (bicyclic) bond motifs is 2. The van der Waals surface area contributed by atoms with E-state index in [1.54, 1.807) is 0 Å². The van der Waals surface area contributed by atoms with E-state index in [0.717, 1.165) is 47.6 Å². The van der Waals surface area contributed by atoms with E-state index in [2.05, 4.69) is 10.2 Å². The molecule has 2 saturated carbocycles. The lowest BCUT2D eigenvalue weighted by molar-refractivity contribution is 0.0952. The molecule has 2 unspecified atom stereocenters. The molecule has 0 radical (unpaired) electrons. The smallest absolute Gasteiger partial charge is 0.252 e. The van der Waals surface area contributed by atoms with Crippen LogP contribution in [-0.2, 0) is 0 Å². The molecule has 2 aromatic rings. The van der Waals surface area contributed by atoms with Crippen molar-refractivity contribution >= 4 is 22.6 Å². The fourth-order valence-corrected chi connectivity index (χ4v) is 4.68. The third-order valence-corrected chi connectivity index (χ3v) is 6.16. The molecular formula is C21H25N3O. The number of hydrogen-bond acceptors (Lipinski definition) is 3. The summed E-state index contributed by atoms with van der Waals surface area (Å²) in [5, 5.41) is 4.11. The summed E-state index contributed by atoms with van der Waals surface area (Å²) < 4.78 is 0. The lowest BCUT2D eigenvalue weighted by Crippen LogP contribution is -2.35. The van der Waals surface area contributed by atoms with Crippen molar-refractivity contribution in [3.63, 3.8) is 0 Å². The highest BCUT2D eigenvalue weighted by Gasteiger charge is 2.36. The van der Waals surface area contributed by atoms with Gasteiger partial charge in [0.05, 0.1) is 11.1 Å². The number of hydrogen-bond donors (Lipinski definition) is 1. The average molecular weight is 335 g/mol. The number of pyridine rings is 1. The SMILES string of the molecule is O=C(NC1CC1)c1cc(N2CCC3CCCCC32)nc2ccccc12. The highest BCUT2D eigenvalue weighted by atomic mass is 16.1. The Balaban J connectivity index is 1.55. The van der Waals surface area contributed by atoms with Crippen molar-refractivity contribution in [2.24, 2.45) is 5.92 Å². The summed E-state index contributed by atoms with van der Waals surface area (Å²) in [7, 11) is 0. The summed E-state index contributed by atoms with van der Waals surface area (Å²) in [5.41, 5.74) is 1.71. The van der Waals surface area contributed by atoms with Crippen LogP contribution in [0.25, 0.3) is 10.9 Å². The molecule has 1 aromatic heterocycles. The summed E-state index contributed by atoms with van der Waals surface area (Å²) in [4.78, 5) is 20.2. The largest absolute Gasteiger partial charge is 0.353 e. The maximum absolute atomic E-state index is 12.8. The maximum atomic E-state index is 12.8. The van der Waals surface area contributed by atoms with Gasteiger partial charge in [-0.15, -0.1) is 0 Å². The molecular weight excluding hydrogens is 310 g/mol. The molecule has 3 fully saturated rings. The van der Waals surface area contributed by atoms with Crippen LogP contribution in [0, 0.1) is 5.92 Å². The topological polar surface area (TPSA) is 45.2 Å². The van der Waals surface area contributed by atoms with Crippen molar-refractivity contribution in [1.82, 2.24) is 10.3 Å². The third kappa shape index (κ3) is 2.78. The third-order valence-electron chi connectivity index (χ3n) is 6.16. The number of carbonyl (C=O) groups excluding carboxylic acids is 1. The fourth-order valence-electron chi connectivity index (χ4n) is 4.68. The minimum Gasteiger partial charge on any atom is -0.353 e. The van der Waals surface area contributed by atoms with E-state index >= 15 is 0 Å². The van der Waals surface area contributed by atoms with Crippen molar-refractivity contribution in [2.45, 2.75) is 57.0 Å². The molecule has 1 amide bonds. The number of amides is 1. The molecule has 3 aliphatic rings. The fraction of sp³-hybridized carbons (Fsp3) is 0.524. The molecule has 2 aliphatic carbocycles. The van der Waals surface area contributed by atoms with Crippen LogP contribution >= 0.6 is 0 Å². The number of aromatic nitrogens is 1. The highest BCUT2D eigenvalue weighted by Crippen LogP contribution is 2.39. The first kappa shape index (κ1) is 15.2. The molecule has 130 valence electrons. The summed E-state index contributed by atoms with van der Waals surface area (Å²) in [6, 6.07) is 11.1. The van der Waals surface area contributed by atoms with Crippen LogP contribution in [0.2, 0.25) is 0 Å². The first-order chi connectivity index (χ1) is 12.3. The number of benzene rings is 1. The second-order valence-electron chi connectivity index (χ2n) is 7.89. The number of nitrogens with zero attached hydrogens (tertiary/aromatic N) is 2. The predicted molar refractivity (Wildman–Crippen MR) is 99.9 cm³/mol. The number of carbonyl (C=O) groups is 1. The monoisotopic (exact) mass is 335 g/mol. The Bertz CT molecular complexity index is 814. The maximum Gasteiger partial charge on any atom is 0.252 e. The van der Waals surface area contributed by atoms with Crippen molar-refractivity contribution in [3.8, 4) is 0 Å². The number of para-hydroxylation sites is 1. The van der Waals surface area contributed by atoms with E-state index in [1.165, 1.54) is 32.1 Å². The van der Waals surface area contributed by atoms with Crippen molar-refractivity contribution < 1.29 is 4.79 Å². The van der Waals surface area contributed by atoms with Gasteiger partial charge in [-0.2, -0.15) is 0 Å². The molecule has 1 N–H and O–H groups in total. The molecule has 5 rings (SSSR count). The lowest BCUT2D eigenvalue weighted by atomic mass is 9.85. The van der Waals surface area contributed by atoms with Crippen LogP contribution in [0.5, 0.6) is 0 Å². The molecule has 1 saturated heterocycles. The molecule has 4 heteroatoms. The van der Waals surface area contributed by atoms with Gasteiger partial charge in [-0.05, 0) is 50.2 Å². The van der Waals surface area contributed by atoms with Gasteiger partial charge in [0.2, 0.25) is 0 Å². The predicted octanol–water partition coefficient (Wildman–Crippen LogP) is 3.90. The van der Waals surface area contributed by atoms with Gasteiger partial charge in [0, 0.05) is 24.0 Å². The molecule has 2 heterocycles. The minimum absolute atomic E-state index is 0.0572. The number of nitrogens with one attached hydrogen (secondary N) is 1. The van der Waals surface area contributed by atoms with Gasteiger partial charge in [0.15, 0.2) is 0 Å². The van der Waals surface area contributed by atoms with Gasteiger partial charge < -0.3 is 10.2 Å².